The summed E-state index contributed by atoms with van der Waals surface area (Å²) in [7, 11) is 0. The zero-order valence-electron chi connectivity index (χ0n) is 14.5. The van der Waals surface area contributed by atoms with Gasteiger partial charge in [-0.2, -0.15) is 0 Å². The SMILES string of the molecule is O=C(Cc1ccccc1)N1CCC(CN2C[C@@H](O)[C@H](O)[C@@H](O)C2)CC1. The summed E-state index contributed by atoms with van der Waals surface area (Å²) in [6, 6.07) is 9.81. The molecule has 0 aromatic heterocycles. The van der Waals surface area contributed by atoms with Crippen LogP contribution in [0.2, 0.25) is 0 Å². The normalized spacial score (nSPS) is 28.9. The van der Waals surface area contributed by atoms with Crippen LogP contribution >= 0.6 is 0 Å². The number of piperidine rings is 2. The molecule has 0 saturated carbocycles. The molecular formula is C19H28N2O4. The third kappa shape index (κ3) is 4.79. The van der Waals surface area contributed by atoms with Gasteiger partial charge < -0.3 is 20.2 Å². The highest BCUT2D eigenvalue weighted by atomic mass is 16.4. The summed E-state index contributed by atoms with van der Waals surface area (Å²) >= 11 is 0. The van der Waals surface area contributed by atoms with E-state index in [1.807, 2.05) is 40.1 Å². The molecule has 1 aromatic carbocycles. The van der Waals surface area contributed by atoms with Crippen LogP contribution in [0.1, 0.15) is 18.4 Å². The molecule has 0 bridgehead atoms. The van der Waals surface area contributed by atoms with Crippen LogP contribution in [0.25, 0.3) is 0 Å². The number of β-amino-alcohol motifs (C(OH)–C–C–N with tert-alkyl or cyclic N) is 2. The maximum absolute atomic E-state index is 12.4. The zero-order valence-corrected chi connectivity index (χ0v) is 14.5. The van der Waals surface area contributed by atoms with Crippen molar-refractivity contribution in [3.63, 3.8) is 0 Å². The van der Waals surface area contributed by atoms with Crippen molar-refractivity contribution < 1.29 is 20.1 Å². The van der Waals surface area contributed by atoms with Gasteiger partial charge in [0.25, 0.3) is 0 Å². The fourth-order valence-corrected chi connectivity index (χ4v) is 3.84. The highest BCUT2D eigenvalue weighted by Crippen LogP contribution is 2.21. The Morgan fingerprint density at radius 2 is 1.60 bits per heavy atom. The van der Waals surface area contributed by atoms with Crippen LogP contribution in [-0.4, -0.2) is 82.1 Å². The van der Waals surface area contributed by atoms with Gasteiger partial charge in [-0.25, -0.2) is 0 Å². The van der Waals surface area contributed by atoms with Crippen molar-refractivity contribution in [1.82, 2.24) is 9.80 Å². The maximum atomic E-state index is 12.4. The molecule has 0 unspecified atom stereocenters. The monoisotopic (exact) mass is 348 g/mol. The van der Waals surface area contributed by atoms with E-state index in [-0.39, 0.29) is 5.91 Å². The van der Waals surface area contributed by atoms with E-state index in [0.717, 1.165) is 38.0 Å². The lowest BCUT2D eigenvalue weighted by molar-refractivity contribution is -0.132. The number of benzene rings is 1. The first-order valence-corrected chi connectivity index (χ1v) is 9.11. The third-order valence-corrected chi connectivity index (χ3v) is 5.36. The van der Waals surface area contributed by atoms with Gasteiger partial charge in [0.1, 0.15) is 6.10 Å². The molecule has 3 N–H and O–H groups in total. The third-order valence-electron chi connectivity index (χ3n) is 5.36. The number of carbonyl (C=O) groups is 1. The van der Waals surface area contributed by atoms with Gasteiger partial charge in [-0.1, -0.05) is 30.3 Å². The number of aliphatic hydroxyl groups excluding tert-OH is 3. The number of carbonyl (C=O) groups excluding carboxylic acids is 1. The van der Waals surface area contributed by atoms with Crippen molar-refractivity contribution in [1.29, 1.82) is 0 Å². The number of amides is 1. The molecule has 2 heterocycles. The Kier molecular flexibility index (Phi) is 6.06. The predicted octanol–water partition coefficient (Wildman–Crippen LogP) is -0.134. The van der Waals surface area contributed by atoms with E-state index in [1.165, 1.54) is 0 Å². The fourth-order valence-electron chi connectivity index (χ4n) is 3.84. The van der Waals surface area contributed by atoms with Crippen LogP contribution in [0.15, 0.2) is 30.3 Å². The zero-order chi connectivity index (χ0) is 17.8. The van der Waals surface area contributed by atoms with Crippen LogP contribution in [0.4, 0.5) is 0 Å². The van der Waals surface area contributed by atoms with E-state index in [4.69, 9.17) is 0 Å². The number of hydrogen-bond acceptors (Lipinski definition) is 5. The molecule has 3 rings (SSSR count). The van der Waals surface area contributed by atoms with Crippen molar-refractivity contribution in [2.75, 3.05) is 32.7 Å². The first kappa shape index (κ1) is 18.3. The summed E-state index contributed by atoms with van der Waals surface area (Å²) < 4.78 is 0. The molecule has 1 amide bonds. The van der Waals surface area contributed by atoms with Crippen LogP contribution in [0, 0.1) is 5.92 Å². The molecule has 6 heteroatoms. The fraction of sp³-hybridized carbons (Fsp3) is 0.632. The van der Waals surface area contributed by atoms with E-state index < -0.39 is 18.3 Å². The van der Waals surface area contributed by atoms with Crippen LogP contribution in [-0.2, 0) is 11.2 Å². The van der Waals surface area contributed by atoms with E-state index >= 15 is 0 Å². The van der Waals surface area contributed by atoms with E-state index in [1.54, 1.807) is 0 Å². The number of nitrogens with zero attached hydrogens (tertiary/aromatic N) is 2. The largest absolute Gasteiger partial charge is 0.389 e. The van der Waals surface area contributed by atoms with Crippen LogP contribution in [0.3, 0.4) is 0 Å². The van der Waals surface area contributed by atoms with Crippen molar-refractivity contribution >= 4 is 5.91 Å². The average Bonchev–Trinajstić information content (AvgIpc) is 2.61. The van der Waals surface area contributed by atoms with Crippen molar-refractivity contribution in [2.24, 2.45) is 5.92 Å². The Hall–Kier alpha value is -1.47. The molecular weight excluding hydrogens is 320 g/mol. The van der Waals surface area contributed by atoms with Gasteiger partial charge in [0.2, 0.25) is 5.91 Å². The Balaban J connectivity index is 1.43. The van der Waals surface area contributed by atoms with Gasteiger partial charge in [0.15, 0.2) is 0 Å². The molecule has 2 fully saturated rings. The Bertz CT molecular complexity index is 548. The van der Waals surface area contributed by atoms with Crippen molar-refractivity contribution in [3.05, 3.63) is 35.9 Å². The van der Waals surface area contributed by atoms with E-state index in [2.05, 4.69) is 0 Å². The summed E-state index contributed by atoms with van der Waals surface area (Å²) in [6.45, 7) is 3.11. The summed E-state index contributed by atoms with van der Waals surface area (Å²) in [5.74, 6) is 0.631. The molecule has 0 radical (unpaired) electrons. The topological polar surface area (TPSA) is 84.2 Å². The van der Waals surface area contributed by atoms with Crippen molar-refractivity contribution in [2.45, 2.75) is 37.6 Å². The summed E-state index contributed by atoms with van der Waals surface area (Å²) in [5, 5.41) is 29.2. The minimum atomic E-state index is -1.05. The number of likely N-dealkylation sites (tertiary alicyclic amines) is 2. The molecule has 3 atom stereocenters. The number of rotatable bonds is 4. The molecule has 138 valence electrons. The molecule has 6 nitrogen and oxygen atoms in total. The quantitative estimate of drug-likeness (QED) is 0.706. The van der Waals surface area contributed by atoms with Gasteiger partial charge >= 0.3 is 0 Å². The molecule has 0 spiro atoms. The number of aliphatic hydroxyl groups is 3. The van der Waals surface area contributed by atoms with Crippen molar-refractivity contribution in [3.8, 4) is 0 Å². The second-order valence-corrected chi connectivity index (χ2v) is 7.33. The van der Waals surface area contributed by atoms with Gasteiger partial charge in [-0.15, -0.1) is 0 Å². The standard InChI is InChI=1S/C19H28N2O4/c22-16-12-20(13-17(23)19(16)25)11-15-6-8-21(9-7-15)18(24)10-14-4-2-1-3-5-14/h1-5,15-17,19,22-23,25H,6-13H2/t16-,17+,19+. The minimum absolute atomic E-state index is 0.177. The Morgan fingerprint density at radius 3 is 2.20 bits per heavy atom. The number of hydrogen-bond donors (Lipinski definition) is 3. The highest BCUT2D eigenvalue weighted by molar-refractivity contribution is 5.78. The molecule has 2 aliphatic rings. The summed E-state index contributed by atoms with van der Waals surface area (Å²) in [6.07, 6.45) is -0.507. The van der Waals surface area contributed by atoms with Gasteiger partial charge in [-0.3, -0.25) is 9.69 Å². The van der Waals surface area contributed by atoms with Crippen LogP contribution in [0.5, 0.6) is 0 Å². The Morgan fingerprint density at radius 1 is 1.00 bits per heavy atom. The lowest BCUT2D eigenvalue weighted by Crippen LogP contribution is -2.56. The molecule has 1 aromatic rings. The predicted molar refractivity (Wildman–Crippen MR) is 93.9 cm³/mol. The maximum Gasteiger partial charge on any atom is 0.226 e. The minimum Gasteiger partial charge on any atom is -0.389 e. The lowest BCUT2D eigenvalue weighted by atomic mass is 9.93. The van der Waals surface area contributed by atoms with Gasteiger partial charge in [0, 0.05) is 32.7 Å². The summed E-state index contributed by atoms with van der Waals surface area (Å²) in [5.41, 5.74) is 1.05. The second kappa shape index (κ2) is 8.27. The first-order chi connectivity index (χ1) is 12.0. The Labute approximate surface area is 148 Å². The smallest absolute Gasteiger partial charge is 0.226 e. The van der Waals surface area contributed by atoms with Crippen LogP contribution < -0.4 is 0 Å². The average molecular weight is 348 g/mol. The molecule has 2 saturated heterocycles. The molecule has 0 aliphatic carbocycles. The molecule has 25 heavy (non-hydrogen) atoms. The lowest BCUT2D eigenvalue weighted by Gasteiger charge is -2.40. The van der Waals surface area contributed by atoms with E-state index in [9.17, 15) is 20.1 Å². The molecule has 2 aliphatic heterocycles. The summed E-state index contributed by atoms with van der Waals surface area (Å²) in [4.78, 5) is 16.4. The highest BCUT2D eigenvalue weighted by Gasteiger charge is 2.34. The van der Waals surface area contributed by atoms with E-state index in [0.29, 0.717) is 25.4 Å². The van der Waals surface area contributed by atoms with Gasteiger partial charge in [-0.05, 0) is 24.3 Å². The first-order valence-electron chi connectivity index (χ1n) is 9.11. The van der Waals surface area contributed by atoms with Gasteiger partial charge in [0.05, 0.1) is 18.6 Å². The second-order valence-electron chi connectivity index (χ2n) is 7.33.